The number of amides is 3. The van der Waals surface area contributed by atoms with E-state index >= 15 is 0 Å². The van der Waals surface area contributed by atoms with Gasteiger partial charge in [-0.15, -0.1) is 0 Å². The molecule has 1 heterocycles. The molecule has 3 N–H and O–H groups in total. The van der Waals surface area contributed by atoms with Crippen molar-refractivity contribution in [3.63, 3.8) is 0 Å². The number of benzene rings is 1. The highest BCUT2D eigenvalue weighted by molar-refractivity contribution is 7.89. The largest absolute Gasteiger partial charge is 0.355 e. The predicted octanol–water partition coefficient (Wildman–Crippen LogP) is -1.32. The summed E-state index contributed by atoms with van der Waals surface area (Å²) in [5, 5.41) is 7.70. The summed E-state index contributed by atoms with van der Waals surface area (Å²) in [6.07, 6.45) is 1.03. The van der Waals surface area contributed by atoms with E-state index in [2.05, 4.69) is 5.32 Å². The number of carbonyl (C=O) groups is 3. The van der Waals surface area contributed by atoms with Gasteiger partial charge in [-0.05, 0) is 24.1 Å². The van der Waals surface area contributed by atoms with E-state index in [0.717, 1.165) is 12.0 Å². The molecule has 1 aromatic carbocycles. The van der Waals surface area contributed by atoms with Gasteiger partial charge in [-0.3, -0.25) is 14.4 Å². The van der Waals surface area contributed by atoms with E-state index in [1.54, 1.807) is 21.9 Å². The van der Waals surface area contributed by atoms with Crippen LogP contribution in [-0.4, -0.2) is 69.2 Å². The summed E-state index contributed by atoms with van der Waals surface area (Å²) in [6, 6.07) is 6.08. The Morgan fingerprint density at radius 1 is 1.12 bits per heavy atom. The maximum absolute atomic E-state index is 12.1. The van der Waals surface area contributed by atoms with Crippen molar-refractivity contribution in [1.29, 1.82) is 0 Å². The van der Waals surface area contributed by atoms with Gasteiger partial charge in [-0.2, -0.15) is 0 Å². The van der Waals surface area contributed by atoms with Gasteiger partial charge in [0.2, 0.25) is 28.2 Å². The van der Waals surface area contributed by atoms with Crippen LogP contribution in [0, 0.1) is 0 Å². The van der Waals surface area contributed by atoms with Gasteiger partial charge in [0.15, 0.2) is 0 Å². The molecule has 0 atom stereocenters. The number of nitrogens with two attached hydrogens (primary N) is 1. The van der Waals surface area contributed by atoms with Crippen LogP contribution < -0.4 is 10.5 Å². The number of sulfonamides is 1. The van der Waals surface area contributed by atoms with Crippen LogP contribution in [0.5, 0.6) is 0 Å². The summed E-state index contributed by atoms with van der Waals surface area (Å²) in [5.41, 5.74) is 0.842. The van der Waals surface area contributed by atoms with Crippen molar-refractivity contribution in [2.24, 2.45) is 5.14 Å². The van der Waals surface area contributed by atoms with Gasteiger partial charge in [0, 0.05) is 32.7 Å². The minimum Gasteiger partial charge on any atom is -0.355 e. The van der Waals surface area contributed by atoms with Crippen LogP contribution in [0.3, 0.4) is 0 Å². The van der Waals surface area contributed by atoms with E-state index < -0.39 is 10.0 Å². The molecule has 1 saturated heterocycles. The SMILES string of the molecule is NS(=O)(=O)c1ccc(CCNC(=O)CC(=O)N2CCN(C=O)CC2)cc1. The molecule has 1 aliphatic heterocycles. The van der Waals surface area contributed by atoms with Crippen molar-refractivity contribution in [2.75, 3.05) is 32.7 Å². The van der Waals surface area contributed by atoms with Crippen LogP contribution in [0.1, 0.15) is 12.0 Å². The first-order valence-electron chi connectivity index (χ1n) is 8.15. The van der Waals surface area contributed by atoms with E-state index in [1.807, 2.05) is 0 Å². The maximum atomic E-state index is 12.1. The zero-order valence-corrected chi connectivity index (χ0v) is 15.1. The highest BCUT2D eigenvalue weighted by Gasteiger charge is 2.21. The zero-order chi connectivity index (χ0) is 19.2. The Kier molecular flexibility index (Phi) is 6.70. The van der Waals surface area contributed by atoms with Crippen molar-refractivity contribution in [3.8, 4) is 0 Å². The molecule has 0 bridgehead atoms. The fourth-order valence-electron chi connectivity index (χ4n) is 2.58. The highest BCUT2D eigenvalue weighted by atomic mass is 32.2. The summed E-state index contributed by atoms with van der Waals surface area (Å²) in [4.78, 5) is 37.8. The number of primary sulfonamides is 1. The molecule has 1 aliphatic rings. The molecule has 0 radical (unpaired) electrons. The Morgan fingerprint density at radius 3 is 2.27 bits per heavy atom. The van der Waals surface area contributed by atoms with Crippen LogP contribution in [0.2, 0.25) is 0 Å². The molecule has 0 unspecified atom stereocenters. The van der Waals surface area contributed by atoms with Gasteiger partial charge in [-0.1, -0.05) is 12.1 Å². The average molecular weight is 382 g/mol. The molecule has 2 rings (SSSR count). The van der Waals surface area contributed by atoms with E-state index in [9.17, 15) is 22.8 Å². The van der Waals surface area contributed by atoms with Crippen molar-refractivity contribution in [1.82, 2.24) is 15.1 Å². The molecular weight excluding hydrogens is 360 g/mol. The Morgan fingerprint density at radius 2 is 1.73 bits per heavy atom. The van der Waals surface area contributed by atoms with E-state index in [0.29, 0.717) is 39.1 Å². The molecular formula is C16H22N4O5S. The number of hydrogen-bond donors (Lipinski definition) is 2. The second-order valence-electron chi connectivity index (χ2n) is 5.99. The molecule has 142 valence electrons. The Hall–Kier alpha value is -2.46. The molecule has 0 aromatic heterocycles. The minimum absolute atomic E-state index is 0.0329. The summed E-state index contributed by atoms with van der Waals surface area (Å²) in [7, 11) is -3.72. The van der Waals surface area contributed by atoms with Gasteiger partial charge >= 0.3 is 0 Å². The summed E-state index contributed by atoms with van der Waals surface area (Å²) < 4.78 is 22.4. The van der Waals surface area contributed by atoms with Crippen molar-refractivity contribution >= 4 is 28.2 Å². The first-order valence-corrected chi connectivity index (χ1v) is 9.70. The Bertz CT molecular complexity index is 755. The van der Waals surface area contributed by atoms with E-state index in [-0.39, 0.29) is 23.1 Å². The molecule has 26 heavy (non-hydrogen) atoms. The molecule has 9 nitrogen and oxygen atoms in total. The van der Waals surface area contributed by atoms with Crippen LogP contribution >= 0.6 is 0 Å². The number of nitrogens with zero attached hydrogens (tertiary/aromatic N) is 2. The maximum Gasteiger partial charge on any atom is 0.238 e. The van der Waals surface area contributed by atoms with Crippen LogP contribution in [0.15, 0.2) is 29.2 Å². The summed E-state index contributed by atoms with van der Waals surface area (Å²) >= 11 is 0. The topological polar surface area (TPSA) is 130 Å². The second-order valence-corrected chi connectivity index (χ2v) is 7.55. The fraction of sp³-hybridized carbons (Fsp3) is 0.438. The third-order valence-corrected chi connectivity index (χ3v) is 5.04. The first-order chi connectivity index (χ1) is 12.3. The fourth-order valence-corrected chi connectivity index (χ4v) is 3.10. The van der Waals surface area contributed by atoms with E-state index in [1.165, 1.54) is 12.1 Å². The van der Waals surface area contributed by atoms with Crippen molar-refractivity contribution in [2.45, 2.75) is 17.7 Å². The Labute approximate surface area is 152 Å². The lowest BCUT2D eigenvalue weighted by Crippen LogP contribution is -2.49. The molecule has 3 amide bonds. The van der Waals surface area contributed by atoms with Crippen LogP contribution in [0.4, 0.5) is 0 Å². The standard InChI is InChI=1S/C16H22N4O5S/c17-26(24,25)14-3-1-13(2-4-14)5-6-18-15(22)11-16(23)20-9-7-19(12-21)8-10-20/h1-4,12H,5-11H2,(H,18,22)(H2,17,24,25). The zero-order valence-electron chi connectivity index (χ0n) is 14.3. The molecule has 0 saturated carbocycles. The lowest BCUT2D eigenvalue weighted by Gasteiger charge is -2.32. The smallest absolute Gasteiger partial charge is 0.238 e. The van der Waals surface area contributed by atoms with Crippen molar-refractivity contribution < 1.29 is 22.8 Å². The van der Waals surface area contributed by atoms with E-state index in [4.69, 9.17) is 5.14 Å². The molecule has 0 spiro atoms. The Balaban J connectivity index is 1.72. The van der Waals surface area contributed by atoms with Gasteiger partial charge < -0.3 is 15.1 Å². The lowest BCUT2D eigenvalue weighted by molar-refractivity contribution is -0.138. The molecule has 10 heteroatoms. The monoisotopic (exact) mass is 382 g/mol. The number of carbonyl (C=O) groups excluding carboxylic acids is 3. The molecule has 0 aliphatic carbocycles. The van der Waals surface area contributed by atoms with Gasteiger partial charge in [0.25, 0.3) is 0 Å². The number of piperazine rings is 1. The quantitative estimate of drug-likeness (QED) is 0.446. The molecule has 1 aromatic rings. The third kappa shape index (κ3) is 5.81. The first kappa shape index (κ1) is 19.9. The van der Waals surface area contributed by atoms with Gasteiger partial charge in [0.1, 0.15) is 6.42 Å². The van der Waals surface area contributed by atoms with Crippen LogP contribution in [0.25, 0.3) is 0 Å². The predicted molar refractivity (Wildman–Crippen MR) is 93.4 cm³/mol. The van der Waals surface area contributed by atoms with Crippen LogP contribution in [-0.2, 0) is 30.8 Å². The minimum atomic E-state index is -3.72. The highest BCUT2D eigenvalue weighted by Crippen LogP contribution is 2.09. The number of rotatable bonds is 7. The normalized spacial score (nSPS) is 14.8. The van der Waals surface area contributed by atoms with Crippen molar-refractivity contribution in [3.05, 3.63) is 29.8 Å². The summed E-state index contributed by atoms with van der Waals surface area (Å²) in [5.74, 6) is -0.625. The van der Waals surface area contributed by atoms with Gasteiger partial charge in [0.05, 0.1) is 4.90 Å². The number of hydrogen-bond acceptors (Lipinski definition) is 5. The lowest BCUT2D eigenvalue weighted by atomic mass is 10.1. The number of nitrogens with one attached hydrogen (secondary N) is 1. The second kappa shape index (κ2) is 8.77. The molecule has 1 fully saturated rings. The third-order valence-electron chi connectivity index (χ3n) is 4.12. The average Bonchev–Trinajstić information content (AvgIpc) is 2.61. The van der Waals surface area contributed by atoms with Gasteiger partial charge in [-0.25, -0.2) is 13.6 Å². The summed E-state index contributed by atoms with van der Waals surface area (Å²) in [6.45, 7) is 2.15.